The zero-order chi connectivity index (χ0) is 15.0. The van der Waals surface area contributed by atoms with Crippen LogP contribution < -0.4 is 4.72 Å². The van der Waals surface area contributed by atoms with E-state index in [2.05, 4.69) is 4.72 Å². The van der Waals surface area contributed by atoms with Gasteiger partial charge >= 0.3 is 0 Å². The van der Waals surface area contributed by atoms with Gasteiger partial charge in [0, 0.05) is 4.88 Å². The number of sulfonamides is 1. The molecule has 1 saturated carbocycles. The second-order valence-electron chi connectivity index (χ2n) is 5.03. The third kappa shape index (κ3) is 3.14. The van der Waals surface area contributed by atoms with Gasteiger partial charge in [-0.3, -0.25) is 0 Å². The molecule has 1 N–H and O–H groups in total. The van der Waals surface area contributed by atoms with E-state index >= 15 is 0 Å². The average molecular weight is 329 g/mol. The van der Waals surface area contributed by atoms with Gasteiger partial charge in [0.1, 0.15) is 0 Å². The van der Waals surface area contributed by atoms with Crippen LogP contribution in [0.3, 0.4) is 0 Å². The SMILES string of the molecule is O=S(=O)(N[C@H](c1cccs1)C1CC1)c1ccc(F)c(F)c1. The highest BCUT2D eigenvalue weighted by molar-refractivity contribution is 7.89. The molecule has 0 spiro atoms. The number of hydrogen-bond donors (Lipinski definition) is 1. The van der Waals surface area contributed by atoms with Gasteiger partial charge in [-0.2, -0.15) is 0 Å². The summed E-state index contributed by atoms with van der Waals surface area (Å²) < 4.78 is 53.4. The van der Waals surface area contributed by atoms with Crippen LogP contribution in [0.1, 0.15) is 23.8 Å². The van der Waals surface area contributed by atoms with Crippen LogP contribution in [-0.2, 0) is 10.0 Å². The predicted octanol–water partition coefficient (Wildman–Crippen LogP) is 3.46. The van der Waals surface area contributed by atoms with E-state index in [4.69, 9.17) is 0 Å². The standard InChI is InChI=1S/C14H13F2NO2S2/c15-11-6-5-10(8-12(11)16)21(18,19)17-14(9-3-4-9)13-2-1-7-20-13/h1-2,5-9,14,17H,3-4H2/t14-/m0/s1. The summed E-state index contributed by atoms with van der Waals surface area (Å²) in [5.74, 6) is -1.97. The summed E-state index contributed by atoms with van der Waals surface area (Å²) in [5.41, 5.74) is 0. The molecule has 0 saturated heterocycles. The van der Waals surface area contributed by atoms with E-state index in [1.54, 1.807) is 0 Å². The molecule has 0 unspecified atom stereocenters. The molecule has 1 aliphatic carbocycles. The summed E-state index contributed by atoms with van der Waals surface area (Å²) in [5, 5.41) is 1.89. The first-order chi connectivity index (χ1) is 9.97. The zero-order valence-corrected chi connectivity index (χ0v) is 12.6. The van der Waals surface area contributed by atoms with Gasteiger partial charge in [-0.15, -0.1) is 11.3 Å². The average Bonchev–Trinajstić information content (AvgIpc) is 3.13. The predicted molar refractivity (Wildman–Crippen MR) is 76.5 cm³/mol. The fraction of sp³-hybridized carbons (Fsp3) is 0.286. The normalized spacial score (nSPS) is 16.9. The quantitative estimate of drug-likeness (QED) is 0.913. The van der Waals surface area contributed by atoms with Gasteiger partial charge in [-0.25, -0.2) is 21.9 Å². The number of nitrogens with one attached hydrogen (secondary N) is 1. The molecule has 0 amide bonds. The van der Waals surface area contributed by atoms with Crippen molar-refractivity contribution in [1.29, 1.82) is 0 Å². The van der Waals surface area contributed by atoms with Crippen molar-refractivity contribution in [3.05, 3.63) is 52.2 Å². The molecule has 0 aliphatic heterocycles. The third-order valence-electron chi connectivity index (χ3n) is 3.43. The van der Waals surface area contributed by atoms with E-state index in [1.165, 1.54) is 11.3 Å². The fourth-order valence-electron chi connectivity index (χ4n) is 2.16. The van der Waals surface area contributed by atoms with Gasteiger partial charge in [0.25, 0.3) is 0 Å². The van der Waals surface area contributed by atoms with Crippen LogP contribution in [0.25, 0.3) is 0 Å². The minimum Gasteiger partial charge on any atom is -0.207 e. The summed E-state index contributed by atoms with van der Waals surface area (Å²) in [6, 6.07) is 6.03. The molecule has 112 valence electrons. The van der Waals surface area contributed by atoms with E-state index in [0.29, 0.717) is 6.07 Å². The van der Waals surface area contributed by atoms with Crippen LogP contribution in [0, 0.1) is 17.6 Å². The fourth-order valence-corrected chi connectivity index (χ4v) is 4.40. The Morgan fingerprint density at radius 2 is 1.95 bits per heavy atom. The molecule has 3 rings (SSSR count). The lowest BCUT2D eigenvalue weighted by Crippen LogP contribution is -2.29. The lowest BCUT2D eigenvalue weighted by Gasteiger charge is -2.17. The van der Waals surface area contributed by atoms with Crippen molar-refractivity contribution in [2.24, 2.45) is 5.92 Å². The van der Waals surface area contributed by atoms with Crippen LogP contribution in [-0.4, -0.2) is 8.42 Å². The van der Waals surface area contributed by atoms with Crippen molar-refractivity contribution in [3.63, 3.8) is 0 Å². The van der Waals surface area contributed by atoms with Crippen molar-refractivity contribution in [2.45, 2.75) is 23.8 Å². The number of rotatable bonds is 5. The summed E-state index contributed by atoms with van der Waals surface area (Å²) in [6.07, 6.45) is 1.92. The summed E-state index contributed by atoms with van der Waals surface area (Å²) in [7, 11) is -3.88. The minimum absolute atomic E-state index is 0.261. The molecular formula is C14H13F2NO2S2. The molecule has 3 nitrogen and oxygen atoms in total. The maximum atomic E-state index is 13.2. The Kier molecular flexibility index (Phi) is 3.81. The number of halogens is 2. The molecule has 1 aliphatic rings. The van der Waals surface area contributed by atoms with Crippen LogP contribution >= 0.6 is 11.3 Å². The van der Waals surface area contributed by atoms with E-state index in [0.717, 1.165) is 29.9 Å². The van der Waals surface area contributed by atoms with Crippen molar-refractivity contribution < 1.29 is 17.2 Å². The maximum Gasteiger partial charge on any atom is 0.241 e. The summed E-state index contributed by atoms with van der Waals surface area (Å²) in [6.45, 7) is 0. The largest absolute Gasteiger partial charge is 0.241 e. The highest BCUT2D eigenvalue weighted by Crippen LogP contribution is 2.43. The van der Waals surface area contributed by atoms with Crippen molar-refractivity contribution in [2.75, 3.05) is 0 Å². The first kappa shape index (κ1) is 14.6. The van der Waals surface area contributed by atoms with E-state index in [9.17, 15) is 17.2 Å². The molecule has 0 bridgehead atoms. The third-order valence-corrected chi connectivity index (χ3v) is 5.82. The van der Waals surface area contributed by atoms with Crippen LogP contribution in [0.15, 0.2) is 40.6 Å². The van der Waals surface area contributed by atoms with E-state index < -0.39 is 21.7 Å². The zero-order valence-electron chi connectivity index (χ0n) is 10.9. The molecule has 1 aromatic carbocycles. The van der Waals surface area contributed by atoms with Crippen LogP contribution in [0.5, 0.6) is 0 Å². The molecule has 1 aromatic heterocycles. The van der Waals surface area contributed by atoms with Crippen LogP contribution in [0.2, 0.25) is 0 Å². The second kappa shape index (κ2) is 5.47. The Morgan fingerprint density at radius 1 is 1.19 bits per heavy atom. The lowest BCUT2D eigenvalue weighted by molar-refractivity contribution is 0.502. The minimum atomic E-state index is -3.88. The first-order valence-electron chi connectivity index (χ1n) is 6.48. The Bertz CT molecular complexity index is 740. The number of benzene rings is 1. The Balaban J connectivity index is 1.89. The van der Waals surface area contributed by atoms with E-state index in [1.807, 2.05) is 17.5 Å². The smallest absolute Gasteiger partial charge is 0.207 e. The Hall–Kier alpha value is -1.31. The highest BCUT2D eigenvalue weighted by Gasteiger charge is 2.36. The van der Waals surface area contributed by atoms with Gasteiger partial charge in [-0.1, -0.05) is 6.07 Å². The van der Waals surface area contributed by atoms with Crippen molar-refractivity contribution in [1.82, 2.24) is 4.72 Å². The van der Waals surface area contributed by atoms with Gasteiger partial charge < -0.3 is 0 Å². The molecule has 21 heavy (non-hydrogen) atoms. The maximum absolute atomic E-state index is 13.2. The van der Waals surface area contributed by atoms with Gasteiger partial charge in [0.2, 0.25) is 10.0 Å². The Labute approximate surface area is 125 Å². The van der Waals surface area contributed by atoms with Gasteiger partial charge in [-0.05, 0) is 48.4 Å². The topological polar surface area (TPSA) is 46.2 Å². The van der Waals surface area contributed by atoms with E-state index in [-0.39, 0.29) is 16.9 Å². The summed E-state index contributed by atoms with van der Waals surface area (Å²) in [4.78, 5) is 0.673. The molecule has 2 aromatic rings. The monoisotopic (exact) mass is 329 g/mol. The highest BCUT2D eigenvalue weighted by atomic mass is 32.2. The molecule has 0 radical (unpaired) electrons. The van der Waals surface area contributed by atoms with Gasteiger partial charge in [0.15, 0.2) is 11.6 Å². The molecule has 1 heterocycles. The Morgan fingerprint density at radius 3 is 2.52 bits per heavy atom. The molecule has 7 heteroatoms. The van der Waals surface area contributed by atoms with Gasteiger partial charge in [0.05, 0.1) is 10.9 Å². The van der Waals surface area contributed by atoms with Crippen LogP contribution in [0.4, 0.5) is 8.78 Å². The number of hydrogen-bond acceptors (Lipinski definition) is 3. The van der Waals surface area contributed by atoms with Crippen molar-refractivity contribution >= 4 is 21.4 Å². The summed E-state index contributed by atoms with van der Waals surface area (Å²) >= 11 is 1.48. The second-order valence-corrected chi connectivity index (χ2v) is 7.72. The molecular weight excluding hydrogens is 316 g/mol. The lowest BCUT2D eigenvalue weighted by atomic mass is 10.2. The number of thiophene rings is 1. The molecule has 1 atom stereocenters. The molecule has 1 fully saturated rings. The first-order valence-corrected chi connectivity index (χ1v) is 8.84. The van der Waals surface area contributed by atoms with Crippen molar-refractivity contribution in [3.8, 4) is 0 Å².